The fourth-order valence-corrected chi connectivity index (χ4v) is 1.80. The molecule has 0 saturated heterocycles. The highest BCUT2D eigenvalue weighted by Crippen LogP contribution is 2.25. The van der Waals surface area contributed by atoms with Gasteiger partial charge < -0.3 is 15.8 Å². The summed E-state index contributed by atoms with van der Waals surface area (Å²) in [5.74, 6) is 1.98. The van der Waals surface area contributed by atoms with Crippen molar-refractivity contribution in [3.63, 3.8) is 0 Å². The van der Waals surface area contributed by atoms with Crippen LogP contribution in [0.5, 0.6) is 5.75 Å². The summed E-state index contributed by atoms with van der Waals surface area (Å²) in [5, 5.41) is 3.45. The van der Waals surface area contributed by atoms with E-state index in [1.807, 2.05) is 38.1 Å². The number of benzene rings is 1. The fraction of sp³-hybridized carbons (Fsp3) is 0.600. The Hall–Kier alpha value is -1.22. The maximum Gasteiger partial charge on any atom is 0.142 e. The standard InChI is InChI=1S/C15H26N2O/c1-11(2)13(9-16)10-17-14-7-5-6-8-15(14)18-12(3)4/h5-8,11-13,17H,9-10,16H2,1-4H3. The summed E-state index contributed by atoms with van der Waals surface area (Å²) >= 11 is 0. The third-order valence-electron chi connectivity index (χ3n) is 3.05. The molecule has 0 radical (unpaired) electrons. The van der Waals surface area contributed by atoms with Crippen molar-refractivity contribution in [2.45, 2.75) is 33.8 Å². The SMILES string of the molecule is CC(C)Oc1ccccc1NCC(CN)C(C)C. The first-order chi connectivity index (χ1) is 8.54. The van der Waals surface area contributed by atoms with E-state index in [9.17, 15) is 0 Å². The predicted molar refractivity (Wildman–Crippen MR) is 78.1 cm³/mol. The van der Waals surface area contributed by atoms with Gasteiger partial charge in [-0.2, -0.15) is 0 Å². The van der Waals surface area contributed by atoms with Crippen LogP contribution in [0.25, 0.3) is 0 Å². The van der Waals surface area contributed by atoms with E-state index in [-0.39, 0.29) is 6.10 Å². The van der Waals surface area contributed by atoms with E-state index in [2.05, 4.69) is 19.2 Å². The molecule has 1 aromatic carbocycles. The topological polar surface area (TPSA) is 47.3 Å². The number of rotatable bonds is 7. The first-order valence-electron chi connectivity index (χ1n) is 6.74. The highest BCUT2D eigenvalue weighted by molar-refractivity contribution is 5.56. The van der Waals surface area contributed by atoms with Crippen molar-refractivity contribution in [2.75, 3.05) is 18.4 Å². The van der Waals surface area contributed by atoms with Crippen LogP contribution in [0.15, 0.2) is 24.3 Å². The number of anilines is 1. The van der Waals surface area contributed by atoms with Crippen LogP contribution in [0.1, 0.15) is 27.7 Å². The van der Waals surface area contributed by atoms with Crippen LogP contribution < -0.4 is 15.8 Å². The molecule has 18 heavy (non-hydrogen) atoms. The lowest BCUT2D eigenvalue weighted by Crippen LogP contribution is -2.27. The molecule has 0 bridgehead atoms. The Balaban J connectivity index is 2.66. The maximum absolute atomic E-state index is 5.79. The summed E-state index contributed by atoms with van der Waals surface area (Å²) in [6.07, 6.45) is 0.184. The van der Waals surface area contributed by atoms with Gasteiger partial charge in [0.15, 0.2) is 0 Å². The Morgan fingerprint density at radius 3 is 2.39 bits per heavy atom. The third-order valence-corrected chi connectivity index (χ3v) is 3.05. The van der Waals surface area contributed by atoms with Gasteiger partial charge >= 0.3 is 0 Å². The van der Waals surface area contributed by atoms with E-state index in [4.69, 9.17) is 10.5 Å². The van der Waals surface area contributed by atoms with E-state index in [1.54, 1.807) is 0 Å². The minimum absolute atomic E-state index is 0.184. The van der Waals surface area contributed by atoms with Crippen molar-refractivity contribution in [3.8, 4) is 5.75 Å². The lowest BCUT2D eigenvalue weighted by Gasteiger charge is -2.21. The summed E-state index contributed by atoms with van der Waals surface area (Å²) in [6.45, 7) is 10.1. The second-order valence-electron chi connectivity index (χ2n) is 5.28. The first kappa shape index (κ1) is 14.8. The van der Waals surface area contributed by atoms with Crippen LogP contribution in [0.3, 0.4) is 0 Å². The molecule has 1 aromatic rings. The number of ether oxygens (including phenoxy) is 1. The summed E-state index contributed by atoms with van der Waals surface area (Å²) in [5.41, 5.74) is 6.83. The van der Waals surface area contributed by atoms with Gasteiger partial charge in [-0.25, -0.2) is 0 Å². The van der Waals surface area contributed by atoms with Crippen LogP contribution in [-0.2, 0) is 0 Å². The van der Waals surface area contributed by atoms with Crippen molar-refractivity contribution < 1.29 is 4.74 Å². The zero-order valence-corrected chi connectivity index (χ0v) is 11.9. The van der Waals surface area contributed by atoms with E-state index in [0.29, 0.717) is 18.4 Å². The average Bonchev–Trinajstić information content (AvgIpc) is 2.30. The van der Waals surface area contributed by atoms with E-state index < -0.39 is 0 Å². The Morgan fingerprint density at radius 1 is 1.17 bits per heavy atom. The van der Waals surface area contributed by atoms with Gasteiger partial charge in [0, 0.05) is 6.54 Å². The van der Waals surface area contributed by atoms with E-state index >= 15 is 0 Å². The molecule has 3 nitrogen and oxygen atoms in total. The quantitative estimate of drug-likeness (QED) is 0.781. The molecule has 0 fully saturated rings. The number of hydrogen-bond acceptors (Lipinski definition) is 3. The zero-order chi connectivity index (χ0) is 13.5. The molecular weight excluding hydrogens is 224 g/mol. The molecule has 1 atom stereocenters. The van der Waals surface area contributed by atoms with Crippen LogP contribution in [-0.4, -0.2) is 19.2 Å². The lowest BCUT2D eigenvalue weighted by atomic mass is 9.96. The average molecular weight is 250 g/mol. The van der Waals surface area contributed by atoms with Crippen molar-refractivity contribution >= 4 is 5.69 Å². The van der Waals surface area contributed by atoms with Crippen molar-refractivity contribution in [2.24, 2.45) is 17.6 Å². The molecule has 0 amide bonds. The Labute approximate surface area is 111 Å². The molecule has 0 saturated carbocycles. The van der Waals surface area contributed by atoms with Gasteiger partial charge in [-0.1, -0.05) is 26.0 Å². The van der Waals surface area contributed by atoms with Crippen molar-refractivity contribution in [1.82, 2.24) is 0 Å². The normalized spacial score (nSPS) is 12.8. The zero-order valence-electron chi connectivity index (χ0n) is 11.9. The Bertz CT molecular complexity index is 350. The van der Waals surface area contributed by atoms with Gasteiger partial charge in [0.1, 0.15) is 5.75 Å². The van der Waals surface area contributed by atoms with Crippen LogP contribution >= 0.6 is 0 Å². The number of nitrogens with one attached hydrogen (secondary N) is 1. The van der Waals surface area contributed by atoms with Crippen molar-refractivity contribution in [3.05, 3.63) is 24.3 Å². The molecule has 1 unspecified atom stereocenters. The fourth-order valence-electron chi connectivity index (χ4n) is 1.80. The molecular formula is C15H26N2O. The molecule has 1 rings (SSSR count). The molecule has 0 aromatic heterocycles. The van der Waals surface area contributed by atoms with Crippen LogP contribution in [0.2, 0.25) is 0 Å². The lowest BCUT2D eigenvalue weighted by molar-refractivity contribution is 0.243. The van der Waals surface area contributed by atoms with Gasteiger partial charge in [-0.15, -0.1) is 0 Å². The summed E-state index contributed by atoms with van der Waals surface area (Å²) < 4.78 is 5.78. The number of hydrogen-bond donors (Lipinski definition) is 2. The summed E-state index contributed by atoms with van der Waals surface area (Å²) in [7, 11) is 0. The van der Waals surface area contributed by atoms with Gasteiger partial charge in [-0.3, -0.25) is 0 Å². The first-order valence-corrected chi connectivity index (χ1v) is 6.74. The minimum Gasteiger partial charge on any atom is -0.489 e. The monoisotopic (exact) mass is 250 g/mol. The molecule has 0 heterocycles. The van der Waals surface area contributed by atoms with Crippen LogP contribution in [0.4, 0.5) is 5.69 Å². The van der Waals surface area contributed by atoms with Crippen molar-refractivity contribution in [1.29, 1.82) is 0 Å². The summed E-state index contributed by atoms with van der Waals surface area (Å²) in [4.78, 5) is 0. The largest absolute Gasteiger partial charge is 0.489 e. The smallest absolute Gasteiger partial charge is 0.142 e. The maximum atomic E-state index is 5.79. The van der Waals surface area contributed by atoms with E-state index in [1.165, 1.54) is 0 Å². The minimum atomic E-state index is 0.184. The molecule has 3 N–H and O–H groups in total. The van der Waals surface area contributed by atoms with Gasteiger partial charge in [-0.05, 0) is 44.4 Å². The van der Waals surface area contributed by atoms with Gasteiger partial charge in [0.2, 0.25) is 0 Å². The number of para-hydroxylation sites is 2. The summed E-state index contributed by atoms with van der Waals surface area (Å²) in [6, 6.07) is 8.05. The second kappa shape index (κ2) is 7.27. The molecule has 102 valence electrons. The Morgan fingerprint density at radius 2 is 1.83 bits per heavy atom. The molecule has 3 heteroatoms. The van der Waals surface area contributed by atoms with Crippen LogP contribution in [0, 0.1) is 11.8 Å². The van der Waals surface area contributed by atoms with Gasteiger partial charge in [0.25, 0.3) is 0 Å². The molecule has 0 spiro atoms. The third kappa shape index (κ3) is 4.57. The molecule has 0 aliphatic carbocycles. The van der Waals surface area contributed by atoms with Gasteiger partial charge in [0.05, 0.1) is 11.8 Å². The highest BCUT2D eigenvalue weighted by atomic mass is 16.5. The van der Waals surface area contributed by atoms with E-state index in [0.717, 1.165) is 18.0 Å². The molecule has 0 aliphatic rings. The molecule has 0 aliphatic heterocycles. The number of nitrogens with two attached hydrogens (primary N) is 1. The highest BCUT2D eigenvalue weighted by Gasteiger charge is 2.12. The Kier molecular flexibility index (Phi) is 5.99. The predicted octanol–water partition coefficient (Wildman–Crippen LogP) is 3.12. The second-order valence-corrected chi connectivity index (χ2v) is 5.28.